The maximum Gasteiger partial charge on any atom is 0.104 e. The minimum absolute atomic E-state index is 0.0644. The third-order valence-corrected chi connectivity index (χ3v) is 7.07. The number of nitrogens with one attached hydrogen (secondary N) is 1. The van der Waals surface area contributed by atoms with Gasteiger partial charge >= 0.3 is 0 Å². The van der Waals surface area contributed by atoms with Crippen LogP contribution < -0.4 is 5.32 Å². The van der Waals surface area contributed by atoms with Crippen molar-refractivity contribution in [3.05, 3.63) is 71.4 Å². The van der Waals surface area contributed by atoms with Crippen molar-refractivity contribution in [1.82, 2.24) is 9.47 Å². The summed E-state index contributed by atoms with van der Waals surface area (Å²) in [6, 6.07) is 12.5. The predicted octanol–water partition coefficient (Wildman–Crippen LogP) is 4.80. The SMILES string of the molecule is Clc1ccc2c(c1)NC1(COC3(CCN(Cc4ccoc4)CC3)C1)c1cccn1-2. The van der Waals surface area contributed by atoms with Gasteiger partial charge in [-0.25, -0.2) is 0 Å². The largest absolute Gasteiger partial charge is 0.472 e. The smallest absolute Gasteiger partial charge is 0.104 e. The van der Waals surface area contributed by atoms with Crippen LogP contribution in [-0.4, -0.2) is 34.8 Å². The molecule has 2 saturated heterocycles. The minimum Gasteiger partial charge on any atom is -0.472 e. The molecular formula is C23H24ClN3O2. The van der Waals surface area contributed by atoms with Gasteiger partial charge in [-0.05, 0) is 49.2 Å². The molecule has 0 amide bonds. The molecule has 5 nitrogen and oxygen atoms in total. The van der Waals surface area contributed by atoms with Gasteiger partial charge in [0.2, 0.25) is 0 Å². The number of nitrogens with zero attached hydrogens (tertiary/aromatic N) is 2. The van der Waals surface area contributed by atoms with Crippen LogP contribution in [-0.2, 0) is 16.8 Å². The molecule has 1 atom stereocenters. The highest BCUT2D eigenvalue weighted by Crippen LogP contribution is 2.50. The lowest BCUT2D eigenvalue weighted by Gasteiger charge is -2.41. The molecule has 2 fully saturated rings. The van der Waals surface area contributed by atoms with E-state index in [1.54, 1.807) is 6.26 Å². The Balaban J connectivity index is 1.25. The average molecular weight is 410 g/mol. The van der Waals surface area contributed by atoms with Crippen molar-refractivity contribution < 1.29 is 9.15 Å². The first-order chi connectivity index (χ1) is 14.1. The van der Waals surface area contributed by atoms with Crippen molar-refractivity contribution in [3.8, 4) is 5.69 Å². The van der Waals surface area contributed by atoms with Crippen LogP contribution in [0.1, 0.15) is 30.5 Å². The average Bonchev–Trinajstić information content (AvgIpc) is 3.46. The van der Waals surface area contributed by atoms with Crippen molar-refractivity contribution in [3.63, 3.8) is 0 Å². The summed E-state index contributed by atoms with van der Waals surface area (Å²) in [4.78, 5) is 2.50. The Hall–Kier alpha value is -2.21. The molecule has 1 N–H and O–H groups in total. The molecule has 29 heavy (non-hydrogen) atoms. The van der Waals surface area contributed by atoms with Crippen LogP contribution in [0.3, 0.4) is 0 Å². The predicted molar refractivity (Wildman–Crippen MR) is 113 cm³/mol. The van der Waals surface area contributed by atoms with Gasteiger partial charge in [0.1, 0.15) is 5.54 Å². The van der Waals surface area contributed by atoms with E-state index in [4.69, 9.17) is 20.8 Å². The summed E-state index contributed by atoms with van der Waals surface area (Å²) in [6.07, 6.45) is 8.82. The first kappa shape index (κ1) is 17.6. The number of halogens is 1. The van der Waals surface area contributed by atoms with E-state index in [1.165, 1.54) is 11.3 Å². The van der Waals surface area contributed by atoms with Gasteiger partial charge in [-0.3, -0.25) is 4.90 Å². The van der Waals surface area contributed by atoms with Gasteiger partial charge in [-0.2, -0.15) is 0 Å². The Morgan fingerprint density at radius 3 is 2.86 bits per heavy atom. The summed E-state index contributed by atoms with van der Waals surface area (Å²) in [7, 11) is 0. The molecule has 6 rings (SSSR count). The number of fused-ring (bicyclic) bond motifs is 4. The van der Waals surface area contributed by atoms with E-state index in [2.05, 4.69) is 39.2 Å². The first-order valence-corrected chi connectivity index (χ1v) is 10.7. The van der Waals surface area contributed by atoms with E-state index in [-0.39, 0.29) is 11.1 Å². The Labute approximate surface area is 175 Å². The van der Waals surface area contributed by atoms with E-state index < -0.39 is 0 Å². The van der Waals surface area contributed by atoms with Crippen molar-refractivity contribution in [1.29, 1.82) is 0 Å². The van der Waals surface area contributed by atoms with Gasteiger partial charge < -0.3 is 19.0 Å². The highest BCUT2D eigenvalue weighted by atomic mass is 35.5. The summed E-state index contributed by atoms with van der Waals surface area (Å²) >= 11 is 6.30. The van der Waals surface area contributed by atoms with Crippen molar-refractivity contribution in [2.75, 3.05) is 25.0 Å². The van der Waals surface area contributed by atoms with Gasteiger partial charge in [0, 0.05) is 42.8 Å². The lowest BCUT2D eigenvalue weighted by Crippen LogP contribution is -2.46. The van der Waals surface area contributed by atoms with Crippen LogP contribution in [0.25, 0.3) is 5.69 Å². The number of piperidine rings is 1. The number of rotatable bonds is 2. The maximum atomic E-state index is 6.58. The number of anilines is 1. The molecule has 3 aromatic rings. The zero-order chi connectivity index (χ0) is 19.5. The first-order valence-electron chi connectivity index (χ1n) is 10.3. The normalized spacial score (nSPS) is 25.1. The number of hydrogen-bond acceptors (Lipinski definition) is 4. The highest BCUT2D eigenvalue weighted by Gasteiger charge is 2.53. The number of aromatic nitrogens is 1. The monoisotopic (exact) mass is 409 g/mol. The molecule has 5 heterocycles. The Bertz CT molecular complexity index is 1040. The second kappa shape index (κ2) is 6.39. The molecule has 3 aliphatic heterocycles. The molecule has 3 aliphatic rings. The third kappa shape index (κ3) is 2.83. The van der Waals surface area contributed by atoms with Gasteiger partial charge in [0.05, 0.1) is 41.8 Å². The van der Waals surface area contributed by atoms with Gasteiger partial charge in [-0.15, -0.1) is 0 Å². The van der Waals surface area contributed by atoms with Crippen molar-refractivity contribution >= 4 is 17.3 Å². The fourth-order valence-corrected chi connectivity index (χ4v) is 5.55. The van der Waals surface area contributed by atoms with Crippen LogP contribution in [0.15, 0.2) is 59.5 Å². The molecular weight excluding hydrogens is 386 g/mol. The second-order valence-corrected chi connectivity index (χ2v) is 9.12. The van der Waals surface area contributed by atoms with Crippen molar-refractivity contribution in [2.45, 2.75) is 36.9 Å². The molecule has 2 spiro atoms. The highest BCUT2D eigenvalue weighted by molar-refractivity contribution is 6.31. The maximum absolute atomic E-state index is 6.58. The van der Waals surface area contributed by atoms with Crippen LogP contribution in [0.5, 0.6) is 0 Å². The fraction of sp³-hybridized carbons (Fsp3) is 0.391. The Morgan fingerprint density at radius 1 is 1.14 bits per heavy atom. The summed E-state index contributed by atoms with van der Waals surface area (Å²) in [6.45, 7) is 3.73. The second-order valence-electron chi connectivity index (χ2n) is 8.69. The topological polar surface area (TPSA) is 42.6 Å². The number of furan rings is 1. The van der Waals surface area contributed by atoms with Gasteiger partial charge in [0.15, 0.2) is 0 Å². The number of benzene rings is 1. The fourth-order valence-electron chi connectivity index (χ4n) is 5.37. The summed E-state index contributed by atoms with van der Waals surface area (Å²) in [5, 5.41) is 4.57. The zero-order valence-electron chi connectivity index (χ0n) is 16.2. The minimum atomic E-state index is -0.200. The van der Waals surface area contributed by atoms with E-state index in [0.29, 0.717) is 6.61 Å². The third-order valence-electron chi connectivity index (χ3n) is 6.83. The molecule has 6 heteroatoms. The Kier molecular flexibility index (Phi) is 3.89. The Morgan fingerprint density at radius 2 is 2.03 bits per heavy atom. The zero-order valence-corrected chi connectivity index (χ0v) is 17.0. The number of hydrogen-bond donors (Lipinski definition) is 1. The van der Waals surface area contributed by atoms with E-state index in [0.717, 1.165) is 55.3 Å². The molecule has 0 saturated carbocycles. The molecule has 1 aromatic carbocycles. The lowest BCUT2D eigenvalue weighted by atomic mass is 9.79. The van der Waals surface area contributed by atoms with Crippen LogP contribution >= 0.6 is 11.6 Å². The molecule has 0 aliphatic carbocycles. The molecule has 150 valence electrons. The molecule has 0 radical (unpaired) electrons. The summed E-state index contributed by atoms with van der Waals surface area (Å²) < 4.78 is 14.1. The lowest BCUT2D eigenvalue weighted by molar-refractivity contribution is -0.0452. The molecule has 2 aromatic heterocycles. The molecule has 0 bridgehead atoms. The van der Waals surface area contributed by atoms with Gasteiger partial charge in [-0.1, -0.05) is 11.6 Å². The van der Waals surface area contributed by atoms with E-state index in [9.17, 15) is 0 Å². The standard InChI is InChI=1S/C23H24ClN3O2/c24-18-3-4-20-19(12-18)25-23(21-2-1-8-27(20)21)15-22(29-16-23)6-9-26(10-7-22)13-17-5-11-28-14-17/h1-5,8,11-12,14,25H,6-7,9-10,13,15-16H2. The van der Waals surface area contributed by atoms with E-state index in [1.807, 2.05) is 24.5 Å². The number of ether oxygens (including phenoxy) is 1. The number of likely N-dealkylation sites (tertiary alicyclic amines) is 1. The van der Waals surface area contributed by atoms with Gasteiger partial charge in [0.25, 0.3) is 0 Å². The van der Waals surface area contributed by atoms with E-state index >= 15 is 0 Å². The van der Waals surface area contributed by atoms with Crippen LogP contribution in [0, 0.1) is 0 Å². The summed E-state index contributed by atoms with van der Waals surface area (Å²) in [5.74, 6) is 0. The van der Waals surface area contributed by atoms with Crippen molar-refractivity contribution in [2.24, 2.45) is 0 Å². The quantitative estimate of drug-likeness (QED) is 0.660. The molecule has 1 unspecified atom stereocenters. The summed E-state index contributed by atoms with van der Waals surface area (Å²) in [5.41, 5.74) is 4.49. The van der Waals surface area contributed by atoms with Crippen LogP contribution in [0.2, 0.25) is 5.02 Å². The van der Waals surface area contributed by atoms with Crippen LogP contribution in [0.4, 0.5) is 5.69 Å².